The van der Waals surface area contributed by atoms with Crippen LogP contribution in [0.5, 0.6) is 0 Å². The fourth-order valence-corrected chi connectivity index (χ4v) is 2.36. The third-order valence-corrected chi connectivity index (χ3v) is 3.47. The van der Waals surface area contributed by atoms with Crippen LogP contribution in [0.15, 0.2) is 48.5 Å². The first-order chi connectivity index (χ1) is 11.2. The largest absolute Gasteiger partial charge is 0.367 e. The molecular formula is C17H14ClFN4. The van der Waals surface area contributed by atoms with Crippen molar-refractivity contribution in [3.05, 3.63) is 59.4 Å². The van der Waals surface area contributed by atoms with Gasteiger partial charge in [-0.2, -0.15) is 0 Å². The maximum Gasteiger partial charge on any atom is 0.182 e. The molecule has 0 bridgehead atoms. The summed E-state index contributed by atoms with van der Waals surface area (Å²) in [6.45, 7) is 2.66. The summed E-state index contributed by atoms with van der Waals surface area (Å²) in [7, 11) is 0. The fourth-order valence-electron chi connectivity index (χ4n) is 2.17. The van der Waals surface area contributed by atoms with Crippen molar-refractivity contribution in [3.63, 3.8) is 0 Å². The van der Waals surface area contributed by atoms with Crippen LogP contribution in [0.25, 0.3) is 22.6 Å². The van der Waals surface area contributed by atoms with Gasteiger partial charge in [-0.3, -0.25) is 0 Å². The van der Waals surface area contributed by atoms with Gasteiger partial charge in [0.2, 0.25) is 0 Å². The van der Waals surface area contributed by atoms with Crippen LogP contribution in [0.1, 0.15) is 6.92 Å². The zero-order valence-corrected chi connectivity index (χ0v) is 13.2. The van der Waals surface area contributed by atoms with Gasteiger partial charge in [0.15, 0.2) is 11.6 Å². The van der Waals surface area contributed by atoms with Crippen molar-refractivity contribution in [1.29, 1.82) is 0 Å². The Morgan fingerprint density at radius 1 is 1.04 bits per heavy atom. The lowest BCUT2D eigenvalue weighted by molar-refractivity contribution is 0.628. The molecule has 0 unspecified atom stereocenters. The number of hydrogen-bond acceptors (Lipinski definition) is 4. The molecule has 1 aromatic heterocycles. The Bertz CT molecular complexity index is 821. The van der Waals surface area contributed by atoms with Crippen LogP contribution in [-0.2, 0) is 0 Å². The monoisotopic (exact) mass is 328 g/mol. The van der Waals surface area contributed by atoms with Crippen LogP contribution in [0.4, 0.5) is 10.2 Å². The number of nitrogens with one attached hydrogen (secondary N) is 1. The second-order valence-electron chi connectivity index (χ2n) is 4.88. The SMILES string of the molecule is CCNc1nnc(-c2ccc(F)cc2)nc1-c1cccc(Cl)c1. The van der Waals surface area contributed by atoms with Gasteiger partial charge in [0, 0.05) is 22.7 Å². The fraction of sp³-hybridized carbons (Fsp3) is 0.118. The Hall–Kier alpha value is -2.53. The van der Waals surface area contributed by atoms with E-state index in [1.807, 2.05) is 25.1 Å². The quantitative estimate of drug-likeness (QED) is 0.769. The van der Waals surface area contributed by atoms with Crippen LogP contribution in [0.3, 0.4) is 0 Å². The van der Waals surface area contributed by atoms with E-state index < -0.39 is 0 Å². The third-order valence-electron chi connectivity index (χ3n) is 3.23. The molecule has 0 spiro atoms. The van der Waals surface area contributed by atoms with Gasteiger partial charge in [-0.1, -0.05) is 23.7 Å². The lowest BCUT2D eigenvalue weighted by atomic mass is 10.1. The summed E-state index contributed by atoms with van der Waals surface area (Å²) in [5, 5.41) is 12.1. The minimum Gasteiger partial charge on any atom is -0.367 e. The lowest BCUT2D eigenvalue weighted by Crippen LogP contribution is -2.06. The lowest BCUT2D eigenvalue weighted by Gasteiger charge is -2.10. The number of anilines is 1. The average Bonchev–Trinajstić information content (AvgIpc) is 2.56. The topological polar surface area (TPSA) is 50.7 Å². The molecule has 4 nitrogen and oxygen atoms in total. The van der Waals surface area contributed by atoms with Crippen LogP contribution < -0.4 is 5.32 Å². The van der Waals surface area contributed by atoms with Gasteiger partial charge in [0.05, 0.1) is 0 Å². The molecule has 3 rings (SSSR count). The number of nitrogens with zero attached hydrogens (tertiary/aromatic N) is 3. The molecule has 23 heavy (non-hydrogen) atoms. The minimum absolute atomic E-state index is 0.305. The van der Waals surface area contributed by atoms with E-state index in [-0.39, 0.29) is 5.82 Å². The highest BCUT2D eigenvalue weighted by Crippen LogP contribution is 2.28. The second kappa shape index (κ2) is 6.71. The molecule has 1 heterocycles. The van der Waals surface area contributed by atoms with Gasteiger partial charge < -0.3 is 5.32 Å². The number of hydrogen-bond donors (Lipinski definition) is 1. The summed E-state index contributed by atoms with van der Waals surface area (Å²) in [5.74, 6) is 0.711. The van der Waals surface area contributed by atoms with Gasteiger partial charge in [0.25, 0.3) is 0 Å². The molecule has 0 aliphatic carbocycles. The van der Waals surface area contributed by atoms with Gasteiger partial charge in [-0.15, -0.1) is 10.2 Å². The van der Waals surface area contributed by atoms with Crippen LogP contribution in [0.2, 0.25) is 5.02 Å². The molecule has 0 aliphatic heterocycles. The van der Waals surface area contributed by atoms with Crippen molar-refractivity contribution in [3.8, 4) is 22.6 Å². The first-order valence-corrected chi connectivity index (χ1v) is 7.55. The van der Waals surface area contributed by atoms with Crippen LogP contribution in [-0.4, -0.2) is 21.7 Å². The maximum absolute atomic E-state index is 13.1. The molecule has 0 amide bonds. The molecule has 0 radical (unpaired) electrons. The highest BCUT2D eigenvalue weighted by atomic mass is 35.5. The molecule has 3 aromatic rings. The predicted octanol–water partition coefficient (Wildman–Crippen LogP) is 4.43. The van der Waals surface area contributed by atoms with E-state index in [1.165, 1.54) is 12.1 Å². The first kappa shape index (κ1) is 15.4. The Kier molecular flexibility index (Phi) is 4.48. The van der Waals surface area contributed by atoms with Gasteiger partial charge >= 0.3 is 0 Å². The van der Waals surface area contributed by atoms with Crippen LogP contribution >= 0.6 is 11.6 Å². The smallest absolute Gasteiger partial charge is 0.182 e. The maximum atomic E-state index is 13.1. The molecular weight excluding hydrogens is 315 g/mol. The summed E-state index contributed by atoms with van der Waals surface area (Å²) in [6, 6.07) is 13.4. The molecule has 0 aliphatic rings. The van der Waals surface area contributed by atoms with E-state index >= 15 is 0 Å². The number of benzene rings is 2. The summed E-state index contributed by atoms with van der Waals surface area (Å²) < 4.78 is 13.1. The van der Waals surface area contributed by atoms with Gasteiger partial charge in [0.1, 0.15) is 11.5 Å². The first-order valence-electron chi connectivity index (χ1n) is 7.18. The van der Waals surface area contributed by atoms with Crippen molar-refractivity contribution in [1.82, 2.24) is 15.2 Å². The van der Waals surface area contributed by atoms with E-state index in [0.29, 0.717) is 34.5 Å². The predicted molar refractivity (Wildman–Crippen MR) is 89.8 cm³/mol. The second-order valence-corrected chi connectivity index (χ2v) is 5.32. The molecule has 116 valence electrons. The van der Waals surface area contributed by atoms with E-state index in [1.54, 1.807) is 18.2 Å². The normalized spacial score (nSPS) is 10.6. The third kappa shape index (κ3) is 3.46. The highest BCUT2D eigenvalue weighted by Gasteiger charge is 2.12. The van der Waals surface area contributed by atoms with E-state index in [4.69, 9.17) is 11.6 Å². The zero-order chi connectivity index (χ0) is 16.2. The van der Waals surface area contributed by atoms with E-state index in [0.717, 1.165) is 5.56 Å². The molecule has 0 atom stereocenters. The van der Waals surface area contributed by atoms with Crippen molar-refractivity contribution in [2.75, 3.05) is 11.9 Å². The molecule has 0 saturated heterocycles. The molecule has 6 heteroatoms. The Morgan fingerprint density at radius 2 is 1.83 bits per heavy atom. The van der Waals surface area contributed by atoms with Crippen molar-refractivity contribution >= 4 is 17.4 Å². The van der Waals surface area contributed by atoms with Crippen molar-refractivity contribution in [2.24, 2.45) is 0 Å². The molecule has 0 fully saturated rings. The Balaban J connectivity index is 2.11. The summed E-state index contributed by atoms with van der Waals surface area (Å²) in [5.41, 5.74) is 2.20. The highest BCUT2D eigenvalue weighted by molar-refractivity contribution is 6.30. The number of rotatable bonds is 4. The van der Waals surface area contributed by atoms with Crippen LogP contribution in [0, 0.1) is 5.82 Å². The number of halogens is 2. The Morgan fingerprint density at radius 3 is 2.52 bits per heavy atom. The van der Waals surface area contributed by atoms with Gasteiger partial charge in [-0.05, 0) is 43.3 Å². The molecule has 1 N–H and O–H groups in total. The van der Waals surface area contributed by atoms with E-state index in [9.17, 15) is 4.39 Å². The Labute approximate surface area is 138 Å². The minimum atomic E-state index is -0.305. The standard InChI is InChI=1S/C17H14ClFN4/c1-2-20-17-15(12-4-3-5-13(18)10-12)21-16(22-23-17)11-6-8-14(19)9-7-11/h3-10H,2H2,1H3,(H,20,23). The summed E-state index contributed by atoms with van der Waals surface area (Å²) in [6.07, 6.45) is 0. The van der Waals surface area contributed by atoms with Crippen molar-refractivity contribution in [2.45, 2.75) is 6.92 Å². The van der Waals surface area contributed by atoms with Crippen molar-refractivity contribution < 1.29 is 4.39 Å². The molecule has 0 saturated carbocycles. The van der Waals surface area contributed by atoms with Gasteiger partial charge in [-0.25, -0.2) is 9.37 Å². The zero-order valence-electron chi connectivity index (χ0n) is 12.4. The van der Waals surface area contributed by atoms with E-state index in [2.05, 4.69) is 20.5 Å². The summed E-state index contributed by atoms with van der Waals surface area (Å²) in [4.78, 5) is 4.59. The average molecular weight is 329 g/mol. The molecule has 2 aromatic carbocycles. The summed E-state index contributed by atoms with van der Waals surface area (Å²) >= 11 is 6.07. The number of aromatic nitrogens is 3.